The summed E-state index contributed by atoms with van der Waals surface area (Å²) in [7, 11) is 0. The van der Waals surface area contributed by atoms with Crippen LogP contribution in [0.15, 0.2) is 17.5 Å². The molecule has 58 valence electrons. The molecule has 0 fully saturated rings. The first-order valence-electron chi connectivity index (χ1n) is 3.48. The number of hydrogen-bond donors (Lipinski definition) is 1. The molecule has 0 radical (unpaired) electrons. The molecule has 0 saturated heterocycles. The molecule has 1 N–H and O–H groups in total. The van der Waals surface area contributed by atoms with Gasteiger partial charge in [-0.1, -0.05) is 6.07 Å². The minimum Gasteiger partial charge on any atom is -0.297 e. The van der Waals surface area contributed by atoms with E-state index in [4.69, 9.17) is 5.26 Å². The van der Waals surface area contributed by atoms with Crippen LogP contribution < -0.4 is 5.32 Å². The summed E-state index contributed by atoms with van der Waals surface area (Å²) in [6.45, 7) is 2.47. The normalized spacial score (nSPS) is 12.4. The van der Waals surface area contributed by atoms with Crippen LogP contribution in [-0.2, 0) is 0 Å². The van der Waals surface area contributed by atoms with Crippen molar-refractivity contribution in [1.29, 1.82) is 5.26 Å². The molecule has 0 spiro atoms. The second-order valence-electron chi connectivity index (χ2n) is 2.28. The molecule has 2 nitrogen and oxygen atoms in total. The zero-order valence-electron chi connectivity index (χ0n) is 6.37. The maximum Gasteiger partial charge on any atom is 0.0845 e. The second kappa shape index (κ2) is 4.12. The lowest BCUT2D eigenvalue weighted by atomic mass is 10.3. The number of hydrogen-bond acceptors (Lipinski definition) is 3. The van der Waals surface area contributed by atoms with Gasteiger partial charge in [0.15, 0.2) is 0 Å². The summed E-state index contributed by atoms with van der Waals surface area (Å²) >= 11 is 1.71. The molecule has 0 unspecified atom stereocenters. The van der Waals surface area contributed by atoms with Crippen molar-refractivity contribution < 1.29 is 0 Å². The smallest absolute Gasteiger partial charge is 0.0845 e. The Morgan fingerprint density at radius 2 is 2.64 bits per heavy atom. The Morgan fingerprint density at radius 1 is 1.82 bits per heavy atom. The van der Waals surface area contributed by atoms with Crippen LogP contribution in [0, 0.1) is 11.3 Å². The van der Waals surface area contributed by atoms with E-state index < -0.39 is 0 Å². The van der Waals surface area contributed by atoms with Crippen LogP contribution in [0.25, 0.3) is 0 Å². The lowest BCUT2D eigenvalue weighted by Gasteiger charge is -2.07. The van der Waals surface area contributed by atoms with E-state index in [1.807, 2.05) is 11.4 Å². The van der Waals surface area contributed by atoms with Gasteiger partial charge in [0.2, 0.25) is 0 Å². The molecule has 11 heavy (non-hydrogen) atoms. The monoisotopic (exact) mass is 166 g/mol. The number of nitriles is 1. The second-order valence-corrected chi connectivity index (χ2v) is 3.26. The highest BCUT2D eigenvalue weighted by Crippen LogP contribution is 2.17. The van der Waals surface area contributed by atoms with Gasteiger partial charge in [0.1, 0.15) is 0 Å². The minimum absolute atomic E-state index is 0.301. The molecular formula is C8H10N2S. The molecule has 0 saturated carbocycles. The zero-order valence-corrected chi connectivity index (χ0v) is 7.19. The highest BCUT2D eigenvalue weighted by atomic mass is 32.1. The molecule has 0 aromatic carbocycles. The summed E-state index contributed by atoms with van der Waals surface area (Å²) in [5, 5.41) is 13.4. The average molecular weight is 166 g/mol. The maximum atomic E-state index is 8.30. The molecule has 1 aromatic heterocycles. The third-order valence-corrected chi connectivity index (χ3v) is 2.51. The Hall–Kier alpha value is -0.850. The lowest BCUT2D eigenvalue weighted by Crippen LogP contribution is -2.17. The molecule has 1 aromatic rings. The van der Waals surface area contributed by atoms with Crippen LogP contribution in [0.5, 0.6) is 0 Å². The van der Waals surface area contributed by atoms with E-state index in [0.29, 0.717) is 12.6 Å². The van der Waals surface area contributed by atoms with Crippen LogP contribution in [0.3, 0.4) is 0 Å². The van der Waals surface area contributed by atoms with E-state index in [9.17, 15) is 0 Å². The highest BCUT2D eigenvalue weighted by molar-refractivity contribution is 7.10. The van der Waals surface area contributed by atoms with Crippen LogP contribution in [0.1, 0.15) is 17.8 Å². The molecule has 3 heteroatoms. The Balaban J connectivity index is 2.44. The predicted octanol–water partition coefficient (Wildman–Crippen LogP) is 1.92. The number of thiophene rings is 1. The van der Waals surface area contributed by atoms with Gasteiger partial charge >= 0.3 is 0 Å². The van der Waals surface area contributed by atoms with E-state index in [2.05, 4.69) is 24.4 Å². The van der Waals surface area contributed by atoms with Crippen LogP contribution >= 0.6 is 11.3 Å². The maximum absolute atomic E-state index is 8.30. The van der Waals surface area contributed by atoms with E-state index in [1.165, 1.54) is 4.88 Å². The fourth-order valence-electron chi connectivity index (χ4n) is 0.837. The fraction of sp³-hybridized carbons (Fsp3) is 0.375. The summed E-state index contributed by atoms with van der Waals surface area (Å²) in [4.78, 5) is 1.28. The SMILES string of the molecule is C[C@@H](NCC#N)c1cccs1. The third kappa shape index (κ3) is 2.34. The summed E-state index contributed by atoms with van der Waals surface area (Å²) < 4.78 is 0. The predicted molar refractivity (Wildman–Crippen MR) is 46.3 cm³/mol. The first kappa shape index (κ1) is 8.25. The molecule has 1 rings (SSSR count). The molecule has 1 atom stereocenters. The fourth-order valence-corrected chi connectivity index (χ4v) is 1.60. The molecule has 0 aliphatic rings. The topological polar surface area (TPSA) is 35.8 Å². The quantitative estimate of drug-likeness (QED) is 0.696. The molecule has 0 amide bonds. The van der Waals surface area contributed by atoms with Crippen molar-refractivity contribution in [3.8, 4) is 6.07 Å². The Kier molecular flexibility index (Phi) is 3.09. The van der Waals surface area contributed by atoms with Gasteiger partial charge in [-0.15, -0.1) is 11.3 Å². The van der Waals surface area contributed by atoms with Crippen molar-refractivity contribution in [2.75, 3.05) is 6.54 Å². The summed E-state index contributed by atoms with van der Waals surface area (Å²) in [5.41, 5.74) is 0. The molecule has 0 aliphatic carbocycles. The van der Waals surface area contributed by atoms with Gasteiger partial charge in [-0.25, -0.2) is 0 Å². The van der Waals surface area contributed by atoms with E-state index in [1.54, 1.807) is 11.3 Å². The van der Waals surface area contributed by atoms with Gasteiger partial charge in [0.05, 0.1) is 12.6 Å². The first-order valence-corrected chi connectivity index (χ1v) is 4.36. The van der Waals surface area contributed by atoms with Gasteiger partial charge in [-0.2, -0.15) is 5.26 Å². The first-order chi connectivity index (χ1) is 5.34. The van der Waals surface area contributed by atoms with Gasteiger partial charge in [-0.05, 0) is 18.4 Å². The Bertz CT molecular complexity index is 235. The summed E-state index contributed by atoms with van der Waals surface area (Å²) in [5.74, 6) is 0. The Morgan fingerprint density at radius 3 is 3.18 bits per heavy atom. The molecule has 1 heterocycles. The van der Waals surface area contributed by atoms with Crippen molar-refractivity contribution in [1.82, 2.24) is 5.32 Å². The van der Waals surface area contributed by atoms with E-state index >= 15 is 0 Å². The average Bonchev–Trinajstić information content (AvgIpc) is 2.52. The van der Waals surface area contributed by atoms with Gasteiger partial charge in [0.25, 0.3) is 0 Å². The van der Waals surface area contributed by atoms with Crippen molar-refractivity contribution in [3.63, 3.8) is 0 Å². The summed E-state index contributed by atoms with van der Waals surface area (Å²) in [6, 6.07) is 6.44. The van der Waals surface area contributed by atoms with E-state index in [0.717, 1.165) is 0 Å². The zero-order chi connectivity index (χ0) is 8.10. The van der Waals surface area contributed by atoms with Crippen LogP contribution in [0.4, 0.5) is 0 Å². The van der Waals surface area contributed by atoms with Crippen LogP contribution in [0.2, 0.25) is 0 Å². The molecule has 0 bridgehead atoms. The molecule has 0 aliphatic heterocycles. The van der Waals surface area contributed by atoms with Crippen molar-refractivity contribution in [2.45, 2.75) is 13.0 Å². The van der Waals surface area contributed by atoms with E-state index in [-0.39, 0.29) is 0 Å². The summed E-state index contributed by atoms with van der Waals surface area (Å²) in [6.07, 6.45) is 0. The highest BCUT2D eigenvalue weighted by Gasteiger charge is 2.03. The third-order valence-electron chi connectivity index (χ3n) is 1.46. The Labute approximate surface area is 70.5 Å². The standard InChI is InChI=1S/C8H10N2S/c1-7(10-5-4-9)8-3-2-6-11-8/h2-3,6-7,10H,5H2,1H3/t7-/m1/s1. The number of rotatable bonds is 3. The molecular weight excluding hydrogens is 156 g/mol. The minimum atomic E-state index is 0.301. The van der Waals surface area contributed by atoms with Crippen molar-refractivity contribution in [3.05, 3.63) is 22.4 Å². The van der Waals surface area contributed by atoms with Crippen molar-refractivity contribution in [2.24, 2.45) is 0 Å². The van der Waals surface area contributed by atoms with Crippen molar-refractivity contribution >= 4 is 11.3 Å². The van der Waals surface area contributed by atoms with Gasteiger partial charge < -0.3 is 0 Å². The number of nitrogens with one attached hydrogen (secondary N) is 1. The lowest BCUT2D eigenvalue weighted by molar-refractivity contribution is 0.631. The van der Waals surface area contributed by atoms with Gasteiger partial charge in [-0.3, -0.25) is 5.32 Å². The largest absolute Gasteiger partial charge is 0.297 e. The van der Waals surface area contributed by atoms with Gasteiger partial charge in [0, 0.05) is 10.9 Å². The number of nitrogens with zero attached hydrogens (tertiary/aromatic N) is 1. The van der Waals surface area contributed by atoms with Crippen LogP contribution in [-0.4, -0.2) is 6.54 Å².